The SMILES string of the molecule is CCCNc1ncc(Cl)c(N(C)Cc2ccccc2F)n1. The van der Waals surface area contributed by atoms with E-state index in [1.165, 1.54) is 6.07 Å². The molecule has 0 radical (unpaired) electrons. The van der Waals surface area contributed by atoms with Crippen molar-refractivity contribution in [2.24, 2.45) is 0 Å². The van der Waals surface area contributed by atoms with E-state index >= 15 is 0 Å². The number of halogens is 2. The second-order valence-electron chi connectivity index (χ2n) is 4.74. The first-order valence-corrected chi connectivity index (χ1v) is 7.20. The summed E-state index contributed by atoms with van der Waals surface area (Å²) >= 11 is 6.14. The Bertz CT molecular complexity index is 606. The molecule has 2 aromatic rings. The van der Waals surface area contributed by atoms with Crippen molar-refractivity contribution in [3.8, 4) is 0 Å². The lowest BCUT2D eigenvalue weighted by Gasteiger charge is -2.20. The van der Waals surface area contributed by atoms with Crippen LogP contribution in [0.15, 0.2) is 30.5 Å². The van der Waals surface area contributed by atoms with Gasteiger partial charge < -0.3 is 10.2 Å². The molecule has 0 fully saturated rings. The summed E-state index contributed by atoms with van der Waals surface area (Å²) in [6.45, 7) is 3.24. The van der Waals surface area contributed by atoms with Crippen molar-refractivity contribution in [2.45, 2.75) is 19.9 Å². The van der Waals surface area contributed by atoms with E-state index in [1.54, 1.807) is 23.2 Å². The van der Waals surface area contributed by atoms with Crippen LogP contribution in [0.5, 0.6) is 0 Å². The van der Waals surface area contributed by atoms with Crippen molar-refractivity contribution in [3.63, 3.8) is 0 Å². The second-order valence-corrected chi connectivity index (χ2v) is 5.15. The largest absolute Gasteiger partial charge is 0.354 e. The Labute approximate surface area is 129 Å². The van der Waals surface area contributed by atoms with Crippen molar-refractivity contribution in [1.29, 1.82) is 0 Å². The smallest absolute Gasteiger partial charge is 0.224 e. The predicted molar refractivity (Wildman–Crippen MR) is 84.3 cm³/mol. The number of hydrogen-bond acceptors (Lipinski definition) is 4. The number of rotatable bonds is 6. The monoisotopic (exact) mass is 308 g/mol. The molecule has 4 nitrogen and oxygen atoms in total. The van der Waals surface area contributed by atoms with Gasteiger partial charge in [-0.2, -0.15) is 4.98 Å². The topological polar surface area (TPSA) is 41.1 Å². The van der Waals surface area contributed by atoms with Crippen LogP contribution in [0.1, 0.15) is 18.9 Å². The van der Waals surface area contributed by atoms with Crippen LogP contribution in [0.4, 0.5) is 16.2 Å². The molecule has 1 heterocycles. The predicted octanol–water partition coefficient (Wildman–Crippen LogP) is 3.73. The summed E-state index contributed by atoms with van der Waals surface area (Å²) in [7, 11) is 1.82. The number of benzene rings is 1. The van der Waals surface area contributed by atoms with E-state index in [1.807, 2.05) is 13.1 Å². The van der Waals surface area contributed by atoms with Crippen LogP contribution >= 0.6 is 11.6 Å². The Balaban J connectivity index is 2.18. The third-order valence-electron chi connectivity index (χ3n) is 2.99. The van der Waals surface area contributed by atoms with Gasteiger partial charge in [0.25, 0.3) is 0 Å². The average Bonchev–Trinajstić information content (AvgIpc) is 2.48. The molecule has 0 saturated heterocycles. The summed E-state index contributed by atoms with van der Waals surface area (Å²) < 4.78 is 13.7. The molecule has 0 unspecified atom stereocenters. The summed E-state index contributed by atoms with van der Waals surface area (Å²) in [5, 5.41) is 3.55. The average molecular weight is 309 g/mol. The maximum absolute atomic E-state index is 13.7. The maximum atomic E-state index is 13.7. The van der Waals surface area contributed by atoms with Gasteiger partial charge in [-0.1, -0.05) is 36.7 Å². The third-order valence-corrected chi connectivity index (χ3v) is 3.25. The minimum absolute atomic E-state index is 0.237. The molecule has 112 valence electrons. The Morgan fingerprint density at radius 2 is 2.10 bits per heavy atom. The molecule has 21 heavy (non-hydrogen) atoms. The van der Waals surface area contributed by atoms with Crippen LogP contribution in [-0.4, -0.2) is 23.6 Å². The zero-order valence-corrected chi connectivity index (χ0v) is 12.9. The maximum Gasteiger partial charge on any atom is 0.224 e. The molecule has 0 aliphatic rings. The van der Waals surface area contributed by atoms with E-state index in [4.69, 9.17) is 11.6 Å². The lowest BCUT2D eigenvalue weighted by atomic mass is 10.2. The van der Waals surface area contributed by atoms with E-state index in [2.05, 4.69) is 22.2 Å². The number of hydrogen-bond donors (Lipinski definition) is 1. The fourth-order valence-corrected chi connectivity index (χ4v) is 2.14. The summed E-state index contributed by atoms with van der Waals surface area (Å²) in [5.41, 5.74) is 0.595. The Morgan fingerprint density at radius 3 is 2.81 bits per heavy atom. The molecule has 0 aliphatic heterocycles. The van der Waals surface area contributed by atoms with E-state index in [0.29, 0.717) is 28.9 Å². The second kappa shape index (κ2) is 7.22. The van der Waals surface area contributed by atoms with Crippen LogP contribution in [0.25, 0.3) is 0 Å². The van der Waals surface area contributed by atoms with Crippen LogP contribution < -0.4 is 10.2 Å². The van der Waals surface area contributed by atoms with Crippen molar-refractivity contribution in [3.05, 3.63) is 46.9 Å². The molecule has 1 N–H and O–H groups in total. The zero-order chi connectivity index (χ0) is 15.2. The molecule has 0 saturated carbocycles. The number of anilines is 2. The van der Waals surface area contributed by atoms with E-state index < -0.39 is 0 Å². The Morgan fingerprint density at radius 1 is 1.33 bits per heavy atom. The van der Waals surface area contributed by atoms with Crippen molar-refractivity contribution in [1.82, 2.24) is 9.97 Å². The normalized spacial score (nSPS) is 10.5. The summed E-state index contributed by atoms with van der Waals surface area (Å²) in [5.74, 6) is 0.865. The first kappa shape index (κ1) is 15.5. The lowest BCUT2D eigenvalue weighted by molar-refractivity contribution is 0.607. The zero-order valence-electron chi connectivity index (χ0n) is 12.1. The van der Waals surface area contributed by atoms with Gasteiger partial charge in [0.05, 0.1) is 6.20 Å². The van der Waals surface area contributed by atoms with Gasteiger partial charge in [0.1, 0.15) is 10.8 Å². The van der Waals surface area contributed by atoms with Crippen molar-refractivity contribution >= 4 is 23.4 Å². The molecule has 0 atom stereocenters. The number of aromatic nitrogens is 2. The molecular weight excluding hydrogens is 291 g/mol. The van der Waals surface area contributed by atoms with Gasteiger partial charge in [-0.3, -0.25) is 0 Å². The molecule has 0 spiro atoms. The van der Waals surface area contributed by atoms with E-state index in [9.17, 15) is 4.39 Å². The van der Waals surface area contributed by atoms with Crippen molar-refractivity contribution < 1.29 is 4.39 Å². The molecule has 1 aromatic heterocycles. The van der Waals surface area contributed by atoms with Gasteiger partial charge in [-0.05, 0) is 12.5 Å². The van der Waals surface area contributed by atoms with Gasteiger partial charge in [0.2, 0.25) is 5.95 Å². The molecule has 6 heteroatoms. The molecule has 0 aliphatic carbocycles. The van der Waals surface area contributed by atoms with Crippen LogP contribution in [-0.2, 0) is 6.54 Å². The highest BCUT2D eigenvalue weighted by molar-refractivity contribution is 6.32. The third kappa shape index (κ3) is 4.04. The molecule has 0 bridgehead atoms. The molecule has 0 amide bonds. The summed E-state index contributed by atoms with van der Waals surface area (Å²) in [4.78, 5) is 10.3. The fraction of sp³-hybridized carbons (Fsp3) is 0.333. The van der Waals surface area contributed by atoms with E-state index in [-0.39, 0.29) is 5.82 Å². The van der Waals surface area contributed by atoms with Crippen LogP contribution in [0.2, 0.25) is 5.02 Å². The van der Waals surface area contributed by atoms with E-state index in [0.717, 1.165) is 13.0 Å². The minimum Gasteiger partial charge on any atom is -0.354 e. The fourth-order valence-electron chi connectivity index (χ4n) is 1.90. The first-order valence-electron chi connectivity index (χ1n) is 6.82. The standard InChI is InChI=1S/C15H18ClFN4/c1-3-8-18-15-19-9-12(16)14(20-15)21(2)10-11-6-4-5-7-13(11)17/h4-7,9H,3,8,10H2,1-2H3,(H,18,19,20). The molecular formula is C15H18ClFN4. The van der Waals surface area contributed by atoms with Gasteiger partial charge in [0, 0.05) is 25.7 Å². The van der Waals surface area contributed by atoms with Gasteiger partial charge in [-0.25, -0.2) is 9.37 Å². The molecule has 2 rings (SSSR count). The van der Waals surface area contributed by atoms with Gasteiger partial charge in [-0.15, -0.1) is 0 Å². The highest BCUT2D eigenvalue weighted by atomic mass is 35.5. The lowest BCUT2D eigenvalue weighted by Crippen LogP contribution is -2.20. The number of nitrogens with one attached hydrogen (secondary N) is 1. The Hall–Kier alpha value is -1.88. The van der Waals surface area contributed by atoms with Crippen molar-refractivity contribution in [2.75, 3.05) is 23.8 Å². The minimum atomic E-state index is -0.237. The van der Waals surface area contributed by atoms with Gasteiger partial charge in [0.15, 0.2) is 5.82 Å². The highest BCUT2D eigenvalue weighted by Gasteiger charge is 2.12. The van der Waals surface area contributed by atoms with Gasteiger partial charge >= 0.3 is 0 Å². The highest BCUT2D eigenvalue weighted by Crippen LogP contribution is 2.24. The van der Waals surface area contributed by atoms with Crippen LogP contribution in [0, 0.1) is 5.82 Å². The Kier molecular flexibility index (Phi) is 5.33. The summed E-state index contributed by atoms with van der Waals surface area (Å²) in [6.07, 6.45) is 2.53. The quantitative estimate of drug-likeness (QED) is 0.883. The first-order chi connectivity index (χ1) is 10.1. The molecule has 1 aromatic carbocycles. The number of nitrogens with zero attached hydrogens (tertiary/aromatic N) is 3. The summed E-state index contributed by atoms with van der Waals surface area (Å²) in [6, 6.07) is 6.67. The van der Waals surface area contributed by atoms with Crippen LogP contribution in [0.3, 0.4) is 0 Å².